The highest BCUT2D eigenvalue weighted by molar-refractivity contribution is 9.10. The second-order valence-electron chi connectivity index (χ2n) is 3.94. The van der Waals surface area contributed by atoms with Crippen molar-refractivity contribution in [1.82, 2.24) is 0 Å². The zero-order valence-corrected chi connectivity index (χ0v) is 11.1. The number of aromatic hydroxyl groups is 1. The lowest BCUT2D eigenvalue weighted by atomic mass is 10.1. The molecule has 2 aromatic rings. The SMILES string of the molecule is CC(Nc1cccc(Br)c1)c1ccccc1O. The summed E-state index contributed by atoms with van der Waals surface area (Å²) < 4.78 is 1.03. The monoisotopic (exact) mass is 291 g/mol. The van der Waals surface area contributed by atoms with Crippen LogP contribution in [0.1, 0.15) is 18.5 Å². The third-order valence-electron chi connectivity index (χ3n) is 2.61. The maximum Gasteiger partial charge on any atom is 0.120 e. The molecule has 17 heavy (non-hydrogen) atoms. The standard InChI is InChI=1S/C14H14BrNO/c1-10(13-7-2-3-8-14(13)17)16-12-6-4-5-11(15)9-12/h2-10,16-17H,1H3. The van der Waals surface area contributed by atoms with Crippen LogP contribution in [0.15, 0.2) is 53.0 Å². The van der Waals surface area contributed by atoms with Crippen molar-refractivity contribution in [2.45, 2.75) is 13.0 Å². The Balaban J connectivity index is 2.17. The summed E-state index contributed by atoms with van der Waals surface area (Å²) in [6.07, 6.45) is 0. The van der Waals surface area contributed by atoms with Crippen LogP contribution in [0.2, 0.25) is 0 Å². The number of nitrogens with one attached hydrogen (secondary N) is 1. The molecule has 0 aromatic heterocycles. The molecule has 0 spiro atoms. The van der Waals surface area contributed by atoms with Crippen molar-refractivity contribution in [1.29, 1.82) is 0 Å². The van der Waals surface area contributed by atoms with Gasteiger partial charge in [-0.15, -0.1) is 0 Å². The molecule has 3 heteroatoms. The summed E-state index contributed by atoms with van der Waals surface area (Å²) in [5.74, 6) is 0.322. The van der Waals surface area contributed by atoms with E-state index in [0.717, 1.165) is 15.7 Å². The topological polar surface area (TPSA) is 32.3 Å². The van der Waals surface area contributed by atoms with Gasteiger partial charge in [0.05, 0.1) is 6.04 Å². The molecule has 2 nitrogen and oxygen atoms in total. The van der Waals surface area contributed by atoms with Gasteiger partial charge in [0.25, 0.3) is 0 Å². The summed E-state index contributed by atoms with van der Waals surface area (Å²) in [4.78, 5) is 0. The van der Waals surface area contributed by atoms with E-state index in [1.807, 2.05) is 49.4 Å². The van der Waals surface area contributed by atoms with E-state index < -0.39 is 0 Å². The Kier molecular flexibility index (Phi) is 3.69. The van der Waals surface area contributed by atoms with Gasteiger partial charge < -0.3 is 10.4 Å². The van der Waals surface area contributed by atoms with Crippen molar-refractivity contribution in [3.8, 4) is 5.75 Å². The smallest absolute Gasteiger partial charge is 0.120 e. The third kappa shape index (κ3) is 3.01. The van der Waals surface area contributed by atoms with Gasteiger partial charge in [0.2, 0.25) is 0 Å². The number of phenolic OH excluding ortho intramolecular Hbond substituents is 1. The number of hydrogen-bond acceptors (Lipinski definition) is 2. The second-order valence-corrected chi connectivity index (χ2v) is 4.85. The minimum atomic E-state index is 0.0606. The van der Waals surface area contributed by atoms with Crippen LogP contribution in [0, 0.1) is 0 Å². The van der Waals surface area contributed by atoms with E-state index in [0.29, 0.717) is 5.75 Å². The van der Waals surface area contributed by atoms with E-state index >= 15 is 0 Å². The fourth-order valence-electron chi connectivity index (χ4n) is 1.76. The molecule has 2 N–H and O–H groups in total. The molecule has 0 bridgehead atoms. The van der Waals surface area contributed by atoms with Crippen LogP contribution in [-0.2, 0) is 0 Å². The molecule has 2 rings (SSSR count). The lowest BCUT2D eigenvalue weighted by molar-refractivity contribution is 0.465. The van der Waals surface area contributed by atoms with Crippen LogP contribution in [0.5, 0.6) is 5.75 Å². The summed E-state index contributed by atoms with van der Waals surface area (Å²) in [6, 6.07) is 15.4. The first kappa shape index (κ1) is 12.0. The van der Waals surface area contributed by atoms with Crippen molar-refractivity contribution < 1.29 is 5.11 Å². The summed E-state index contributed by atoms with van der Waals surface area (Å²) in [5, 5.41) is 13.1. The van der Waals surface area contributed by atoms with Crippen molar-refractivity contribution in [3.63, 3.8) is 0 Å². The van der Waals surface area contributed by atoms with Crippen molar-refractivity contribution in [3.05, 3.63) is 58.6 Å². The summed E-state index contributed by atoms with van der Waals surface area (Å²) in [5.41, 5.74) is 1.92. The van der Waals surface area contributed by atoms with Gasteiger partial charge >= 0.3 is 0 Å². The van der Waals surface area contributed by atoms with Crippen LogP contribution < -0.4 is 5.32 Å². The highest BCUT2D eigenvalue weighted by Gasteiger charge is 2.09. The number of halogens is 1. The van der Waals surface area contributed by atoms with Crippen LogP contribution >= 0.6 is 15.9 Å². The fourth-order valence-corrected chi connectivity index (χ4v) is 2.16. The normalized spacial score (nSPS) is 12.1. The number of rotatable bonds is 3. The third-order valence-corrected chi connectivity index (χ3v) is 3.10. The van der Waals surface area contributed by atoms with Gasteiger partial charge in [-0.05, 0) is 31.2 Å². The Morgan fingerprint density at radius 2 is 1.88 bits per heavy atom. The molecule has 88 valence electrons. The molecule has 0 aliphatic carbocycles. The van der Waals surface area contributed by atoms with E-state index in [9.17, 15) is 5.11 Å². The van der Waals surface area contributed by atoms with Crippen LogP contribution in [0.25, 0.3) is 0 Å². The Morgan fingerprint density at radius 3 is 2.59 bits per heavy atom. The average Bonchev–Trinajstić information content (AvgIpc) is 2.29. The molecule has 0 saturated carbocycles. The second kappa shape index (κ2) is 5.23. The maximum absolute atomic E-state index is 9.76. The molecule has 0 aliphatic rings. The maximum atomic E-state index is 9.76. The minimum Gasteiger partial charge on any atom is -0.508 e. The number of hydrogen-bond donors (Lipinski definition) is 2. The molecule has 0 aliphatic heterocycles. The highest BCUT2D eigenvalue weighted by atomic mass is 79.9. The quantitative estimate of drug-likeness (QED) is 0.882. The first-order chi connectivity index (χ1) is 8.16. The van der Waals surface area contributed by atoms with Gasteiger partial charge in [-0.2, -0.15) is 0 Å². The number of para-hydroxylation sites is 1. The first-order valence-electron chi connectivity index (χ1n) is 5.47. The van der Waals surface area contributed by atoms with Crippen LogP contribution in [0.4, 0.5) is 5.69 Å². The largest absolute Gasteiger partial charge is 0.508 e. The van der Waals surface area contributed by atoms with E-state index in [2.05, 4.69) is 21.2 Å². The predicted molar refractivity (Wildman–Crippen MR) is 74.3 cm³/mol. The summed E-state index contributed by atoms with van der Waals surface area (Å²) in [7, 11) is 0. The lowest BCUT2D eigenvalue weighted by Gasteiger charge is -2.16. The molecule has 0 saturated heterocycles. The highest BCUT2D eigenvalue weighted by Crippen LogP contribution is 2.27. The van der Waals surface area contributed by atoms with Crippen molar-refractivity contribution in [2.24, 2.45) is 0 Å². The molecule has 1 atom stereocenters. The van der Waals surface area contributed by atoms with E-state index in [1.54, 1.807) is 6.07 Å². The zero-order chi connectivity index (χ0) is 12.3. The molecular weight excluding hydrogens is 278 g/mol. The van der Waals surface area contributed by atoms with Crippen molar-refractivity contribution in [2.75, 3.05) is 5.32 Å². The zero-order valence-electron chi connectivity index (χ0n) is 9.52. The molecular formula is C14H14BrNO. The van der Waals surface area contributed by atoms with Crippen molar-refractivity contribution >= 4 is 21.6 Å². The fraction of sp³-hybridized carbons (Fsp3) is 0.143. The van der Waals surface area contributed by atoms with Gasteiger partial charge in [0.15, 0.2) is 0 Å². The lowest BCUT2D eigenvalue weighted by Crippen LogP contribution is -2.06. The first-order valence-corrected chi connectivity index (χ1v) is 6.26. The summed E-state index contributed by atoms with van der Waals surface area (Å²) in [6.45, 7) is 2.02. The van der Waals surface area contributed by atoms with Gasteiger partial charge in [0.1, 0.15) is 5.75 Å². The Hall–Kier alpha value is -1.48. The van der Waals surface area contributed by atoms with E-state index in [4.69, 9.17) is 0 Å². The molecule has 0 heterocycles. The van der Waals surface area contributed by atoms with Gasteiger partial charge in [-0.3, -0.25) is 0 Å². The molecule has 1 unspecified atom stereocenters. The van der Waals surface area contributed by atoms with Gasteiger partial charge in [-0.25, -0.2) is 0 Å². The Labute approximate surface area is 109 Å². The van der Waals surface area contributed by atoms with E-state index in [-0.39, 0.29) is 6.04 Å². The summed E-state index contributed by atoms with van der Waals surface area (Å²) >= 11 is 3.43. The predicted octanol–water partition coefficient (Wildman–Crippen LogP) is 4.33. The number of benzene rings is 2. The number of phenols is 1. The number of anilines is 1. The van der Waals surface area contributed by atoms with Gasteiger partial charge in [-0.1, -0.05) is 40.2 Å². The Bertz CT molecular complexity index is 513. The van der Waals surface area contributed by atoms with Crippen LogP contribution in [0.3, 0.4) is 0 Å². The van der Waals surface area contributed by atoms with Crippen LogP contribution in [-0.4, -0.2) is 5.11 Å². The van der Waals surface area contributed by atoms with Gasteiger partial charge in [0, 0.05) is 15.7 Å². The molecule has 0 fully saturated rings. The molecule has 2 aromatic carbocycles. The van der Waals surface area contributed by atoms with E-state index in [1.165, 1.54) is 0 Å². The average molecular weight is 292 g/mol. The molecule has 0 amide bonds. The minimum absolute atomic E-state index is 0.0606. The molecule has 0 radical (unpaired) electrons. The Morgan fingerprint density at radius 1 is 1.12 bits per heavy atom.